The molecule has 138 valence electrons. The lowest BCUT2D eigenvalue weighted by molar-refractivity contribution is -0.683. The van der Waals surface area contributed by atoms with E-state index in [1.165, 1.54) is 6.07 Å². The van der Waals surface area contributed by atoms with E-state index in [4.69, 9.17) is 0 Å². The molecule has 0 aliphatic rings. The molecule has 1 aromatic heterocycles. The molecule has 6 nitrogen and oxygen atoms in total. The summed E-state index contributed by atoms with van der Waals surface area (Å²) in [6.07, 6.45) is 3.71. The van der Waals surface area contributed by atoms with Crippen molar-refractivity contribution in [2.24, 2.45) is 0 Å². The van der Waals surface area contributed by atoms with E-state index in [1.54, 1.807) is 23.6 Å². The lowest BCUT2D eigenvalue weighted by Crippen LogP contribution is -3.00. The number of hydrogen-bond acceptors (Lipinski definition) is 3. The minimum Gasteiger partial charge on any atom is -1.00 e. The summed E-state index contributed by atoms with van der Waals surface area (Å²) in [7, 11) is 0. The van der Waals surface area contributed by atoms with Crippen LogP contribution in [0, 0.1) is 17.0 Å². The number of nitrogens with one attached hydrogen (secondary N) is 1. The number of nitrogens with zero attached hydrogens (tertiary/aromatic N) is 2. The first-order valence-corrected chi connectivity index (χ1v) is 8.13. The Labute approximate surface area is 163 Å². The maximum Gasteiger partial charge on any atom is 0.290 e. The van der Waals surface area contributed by atoms with Crippen LogP contribution in [-0.4, -0.2) is 10.8 Å². The van der Waals surface area contributed by atoms with Crippen LogP contribution in [0.1, 0.15) is 5.56 Å². The van der Waals surface area contributed by atoms with Gasteiger partial charge in [-0.25, -0.2) is 0 Å². The molecule has 0 fully saturated rings. The summed E-state index contributed by atoms with van der Waals surface area (Å²) in [6, 6.07) is 18.4. The Kier molecular flexibility index (Phi) is 6.62. The maximum absolute atomic E-state index is 12.4. The third-order valence-corrected chi connectivity index (χ3v) is 4.07. The molecule has 27 heavy (non-hydrogen) atoms. The van der Waals surface area contributed by atoms with Crippen molar-refractivity contribution < 1.29 is 26.7 Å². The molecule has 0 aliphatic carbocycles. The van der Waals surface area contributed by atoms with E-state index in [0.29, 0.717) is 11.3 Å². The Morgan fingerprint density at radius 3 is 2.44 bits per heavy atom. The quantitative estimate of drug-likeness (QED) is 0.396. The fourth-order valence-corrected chi connectivity index (χ4v) is 2.73. The molecule has 7 heteroatoms. The van der Waals surface area contributed by atoms with Crippen LogP contribution in [0.4, 0.5) is 11.4 Å². The molecular weight excluding hydrogens is 366 g/mol. The Balaban J connectivity index is 0.00000261. The van der Waals surface area contributed by atoms with Crippen molar-refractivity contribution in [2.75, 3.05) is 5.32 Å². The SMILES string of the molecule is Cc1c(NC(=O)C[n+]2cccc(-c3ccccc3)c2)cccc1[N+](=O)[O-].[Cl-]. The number of hydrogen-bond donors (Lipinski definition) is 1. The second kappa shape index (κ2) is 8.91. The smallest absolute Gasteiger partial charge is 0.290 e. The maximum atomic E-state index is 12.4. The fraction of sp³-hybridized carbons (Fsp3) is 0.100. The average Bonchev–Trinajstić information content (AvgIpc) is 2.64. The number of nitro groups is 1. The Morgan fingerprint density at radius 2 is 1.74 bits per heavy atom. The second-order valence-corrected chi connectivity index (χ2v) is 5.89. The lowest BCUT2D eigenvalue weighted by Gasteiger charge is -2.07. The van der Waals surface area contributed by atoms with E-state index in [2.05, 4.69) is 5.32 Å². The number of anilines is 1. The highest BCUT2D eigenvalue weighted by Gasteiger charge is 2.17. The van der Waals surface area contributed by atoms with E-state index in [0.717, 1.165) is 11.1 Å². The van der Waals surface area contributed by atoms with Gasteiger partial charge >= 0.3 is 0 Å². The molecule has 2 aromatic carbocycles. The average molecular weight is 384 g/mol. The van der Waals surface area contributed by atoms with Gasteiger partial charge in [0.25, 0.3) is 11.6 Å². The third kappa shape index (κ3) is 4.89. The first kappa shape index (κ1) is 20.1. The van der Waals surface area contributed by atoms with Gasteiger partial charge < -0.3 is 17.7 Å². The van der Waals surface area contributed by atoms with Crippen molar-refractivity contribution in [3.63, 3.8) is 0 Å². The van der Waals surface area contributed by atoms with Gasteiger partial charge in [-0.3, -0.25) is 14.9 Å². The number of amides is 1. The zero-order chi connectivity index (χ0) is 18.5. The standard InChI is InChI=1S/C20H17N3O3.ClH/c1-15-18(10-5-11-19(15)23(25)26)21-20(24)14-22-12-6-9-17(13-22)16-7-3-2-4-8-16;/h2-13H,14H2,1H3;1H. The minimum atomic E-state index is -0.455. The summed E-state index contributed by atoms with van der Waals surface area (Å²) < 4.78 is 1.78. The molecule has 0 bridgehead atoms. The summed E-state index contributed by atoms with van der Waals surface area (Å²) in [5.41, 5.74) is 2.95. The van der Waals surface area contributed by atoms with Gasteiger partial charge in [-0.1, -0.05) is 36.4 Å². The van der Waals surface area contributed by atoms with Crippen LogP contribution < -0.4 is 22.3 Å². The second-order valence-electron chi connectivity index (χ2n) is 5.89. The van der Waals surface area contributed by atoms with Gasteiger partial charge in [-0.15, -0.1) is 0 Å². The van der Waals surface area contributed by atoms with Crippen molar-refractivity contribution in [3.8, 4) is 11.1 Å². The predicted octanol–water partition coefficient (Wildman–Crippen LogP) is 0.500. The highest BCUT2D eigenvalue weighted by molar-refractivity contribution is 5.91. The normalized spacial score (nSPS) is 9.96. The number of halogens is 1. The summed E-state index contributed by atoms with van der Waals surface area (Å²) in [6.45, 7) is 1.74. The molecule has 3 aromatic rings. The largest absolute Gasteiger partial charge is 1.00 e. The first-order chi connectivity index (χ1) is 12.5. The molecule has 0 atom stereocenters. The summed E-state index contributed by atoms with van der Waals surface area (Å²) in [5.74, 6) is -0.246. The van der Waals surface area contributed by atoms with Gasteiger partial charge in [-0.2, -0.15) is 4.57 Å². The van der Waals surface area contributed by atoms with Crippen LogP contribution in [-0.2, 0) is 11.3 Å². The van der Waals surface area contributed by atoms with Crippen LogP contribution in [0.5, 0.6) is 0 Å². The molecule has 0 spiro atoms. The van der Waals surface area contributed by atoms with Crippen molar-refractivity contribution in [1.29, 1.82) is 0 Å². The monoisotopic (exact) mass is 383 g/mol. The van der Waals surface area contributed by atoms with Crippen molar-refractivity contribution in [2.45, 2.75) is 13.5 Å². The van der Waals surface area contributed by atoms with Gasteiger partial charge in [0.05, 0.1) is 16.2 Å². The summed E-state index contributed by atoms with van der Waals surface area (Å²) >= 11 is 0. The predicted molar refractivity (Wildman–Crippen MR) is 98.5 cm³/mol. The van der Waals surface area contributed by atoms with Crippen molar-refractivity contribution in [1.82, 2.24) is 0 Å². The molecule has 1 heterocycles. The molecule has 3 rings (SSSR count). The zero-order valence-electron chi connectivity index (χ0n) is 14.6. The van der Waals surface area contributed by atoms with Gasteiger partial charge in [0.1, 0.15) is 0 Å². The molecule has 1 amide bonds. The van der Waals surface area contributed by atoms with Gasteiger partial charge in [-0.05, 0) is 24.6 Å². The highest BCUT2D eigenvalue weighted by Crippen LogP contribution is 2.24. The molecule has 0 saturated carbocycles. The molecule has 0 radical (unpaired) electrons. The molecule has 1 N–H and O–H groups in total. The highest BCUT2D eigenvalue weighted by atomic mass is 35.5. The molecule has 0 saturated heterocycles. The van der Waals surface area contributed by atoms with Gasteiger partial charge in [0.15, 0.2) is 12.4 Å². The Hall–Kier alpha value is -3.25. The molecular formula is C20H18ClN3O3. The summed E-state index contributed by atoms with van der Waals surface area (Å²) in [4.78, 5) is 22.9. The fourth-order valence-electron chi connectivity index (χ4n) is 2.73. The van der Waals surface area contributed by atoms with Crippen LogP contribution in [0.3, 0.4) is 0 Å². The van der Waals surface area contributed by atoms with Crippen LogP contribution in [0.2, 0.25) is 0 Å². The number of pyridine rings is 1. The number of carbonyl (C=O) groups excluding carboxylic acids is 1. The van der Waals surface area contributed by atoms with Crippen LogP contribution >= 0.6 is 0 Å². The van der Waals surface area contributed by atoms with Crippen LogP contribution in [0.15, 0.2) is 73.1 Å². The molecule has 0 unspecified atom stereocenters. The van der Waals surface area contributed by atoms with E-state index in [1.807, 2.05) is 54.9 Å². The lowest BCUT2D eigenvalue weighted by atomic mass is 10.1. The van der Waals surface area contributed by atoms with E-state index >= 15 is 0 Å². The Morgan fingerprint density at radius 1 is 1.04 bits per heavy atom. The van der Waals surface area contributed by atoms with Crippen LogP contribution in [0.25, 0.3) is 11.1 Å². The number of carbonyl (C=O) groups is 1. The minimum absolute atomic E-state index is 0. The van der Waals surface area contributed by atoms with Crippen molar-refractivity contribution >= 4 is 17.3 Å². The van der Waals surface area contributed by atoms with E-state index < -0.39 is 4.92 Å². The number of nitro benzene ring substituents is 1. The zero-order valence-corrected chi connectivity index (χ0v) is 15.4. The van der Waals surface area contributed by atoms with Crippen molar-refractivity contribution in [3.05, 3.63) is 88.7 Å². The van der Waals surface area contributed by atoms with Gasteiger partial charge in [0.2, 0.25) is 6.54 Å². The number of benzene rings is 2. The molecule has 0 aliphatic heterocycles. The third-order valence-electron chi connectivity index (χ3n) is 4.07. The van der Waals surface area contributed by atoms with E-state index in [-0.39, 0.29) is 30.5 Å². The number of aromatic nitrogens is 1. The van der Waals surface area contributed by atoms with E-state index in [9.17, 15) is 14.9 Å². The first-order valence-electron chi connectivity index (χ1n) is 8.13. The Bertz CT molecular complexity index is 962. The summed E-state index contributed by atoms with van der Waals surface area (Å²) in [5, 5.41) is 13.8. The topological polar surface area (TPSA) is 76.1 Å². The van der Waals surface area contributed by atoms with Gasteiger partial charge in [0, 0.05) is 17.7 Å². The number of rotatable bonds is 5.